The van der Waals surface area contributed by atoms with E-state index in [0.717, 1.165) is 37.1 Å². The van der Waals surface area contributed by atoms with Gasteiger partial charge in [0, 0.05) is 37.2 Å². The van der Waals surface area contributed by atoms with E-state index in [1.165, 1.54) is 31.4 Å². The molecule has 1 heterocycles. The number of piperazine rings is 1. The van der Waals surface area contributed by atoms with Gasteiger partial charge in [0.05, 0.1) is 6.04 Å². The Labute approximate surface area is 183 Å². The second-order valence-electron chi connectivity index (χ2n) is 8.29. The van der Waals surface area contributed by atoms with Crippen molar-refractivity contribution in [1.29, 1.82) is 0 Å². The van der Waals surface area contributed by atoms with Gasteiger partial charge in [-0.15, -0.1) is 0 Å². The summed E-state index contributed by atoms with van der Waals surface area (Å²) in [6.45, 7) is 2.82. The van der Waals surface area contributed by atoms with Gasteiger partial charge in [-0.3, -0.25) is 4.90 Å². The third-order valence-electron chi connectivity index (χ3n) is 6.27. The molecule has 2 aromatic carbocycles. The van der Waals surface area contributed by atoms with Crippen LogP contribution >= 0.6 is 11.6 Å². The molecule has 0 aromatic heterocycles. The number of hydrogen-bond donors (Lipinski definition) is 1. The zero-order chi connectivity index (χ0) is 20.9. The summed E-state index contributed by atoms with van der Waals surface area (Å²) in [6.07, 6.45) is 5.86. The molecule has 1 saturated carbocycles. The molecule has 160 valence electrons. The lowest BCUT2D eigenvalue weighted by atomic mass is 9.95. The molecule has 4 nitrogen and oxygen atoms in total. The minimum atomic E-state index is -0.334. The van der Waals surface area contributed by atoms with Crippen LogP contribution in [0.25, 0.3) is 0 Å². The van der Waals surface area contributed by atoms with Crippen LogP contribution in [0.2, 0.25) is 5.02 Å². The molecule has 2 fully saturated rings. The van der Waals surface area contributed by atoms with Gasteiger partial charge in [0.1, 0.15) is 5.82 Å². The number of hydrogen-bond acceptors (Lipinski definition) is 2. The zero-order valence-corrected chi connectivity index (χ0v) is 18.0. The maximum absolute atomic E-state index is 13.6. The molecule has 1 N–H and O–H groups in total. The van der Waals surface area contributed by atoms with Crippen molar-refractivity contribution in [2.75, 3.05) is 26.2 Å². The van der Waals surface area contributed by atoms with E-state index in [-0.39, 0.29) is 17.9 Å². The first-order valence-electron chi connectivity index (χ1n) is 10.9. The molecule has 0 radical (unpaired) electrons. The predicted molar refractivity (Wildman–Crippen MR) is 118 cm³/mol. The first-order chi connectivity index (χ1) is 14.6. The van der Waals surface area contributed by atoms with E-state index < -0.39 is 0 Å². The number of rotatable bonds is 4. The minimum Gasteiger partial charge on any atom is -0.335 e. The number of urea groups is 1. The Morgan fingerprint density at radius 3 is 2.37 bits per heavy atom. The van der Waals surface area contributed by atoms with Crippen LogP contribution in [0.1, 0.15) is 49.3 Å². The van der Waals surface area contributed by atoms with Crippen molar-refractivity contribution >= 4 is 17.6 Å². The Morgan fingerprint density at radius 1 is 1.00 bits per heavy atom. The molecule has 1 saturated heterocycles. The van der Waals surface area contributed by atoms with Crippen LogP contribution in [0.15, 0.2) is 48.5 Å². The predicted octanol–water partition coefficient (Wildman–Crippen LogP) is 5.23. The van der Waals surface area contributed by atoms with E-state index in [4.69, 9.17) is 11.6 Å². The highest BCUT2D eigenvalue weighted by Crippen LogP contribution is 2.34. The van der Waals surface area contributed by atoms with Crippen LogP contribution in [0, 0.1) is 5.82 Å². The highest BCUT2D eigenvalue weighted by Gasteiger charge is 2.30. The third-order valence-corrected chi connectivity index (χ3v) is 6.60. The second kappa shape index (κ2) is 9.80. The number of carbonyl (C=O) groups is 1. The first-order valence-corrected chi connectivity index (χ1v) is 11.3. The lowest BCUT2D eigenvalue weighted by Gasteiger charge is -2.40. The largest absolute Gasteiger partial charge is 0.335 e. The van der Waals surface area contributed by atoms with Crippen LogP contribution < -0.4 is 5.32 Å². The maximum Gasteiger partial charge on any atom is 0.317 e. The standard InChI is InChI=1S/C24H29ClFN3O/c25-22-17-19(26)11-12-21(22)23(18-7-3-1-4-8-18)28-13-15-29(16-14-28)24(30)27-20-9-5-2-6-10-20/h1,3-4,7-8,11-12,17,20,23H,2,5-6,9-10,13-16H2,(H,27,30). The maximum atomic E-state index is 13.6. The third kappa shape index (κ3) is 4.96. The molecular weight excluding hydrogens is 401 g/mol. The average molecular weight is 430 g/mol. The van der Waals surface area contributed by atoms with Gasteiger partial charge in [-0.1, -0.05) is 67.3 Å². The fourth-order valence-corrected chi connectivity index (χ4v) is 4.91. The molecule has 6 heteroatoms. The molecule has 1 unspecified atom stereocenters. The summed E-state index contributed by atoms with van der Waals surface area (Å²) >= 11 is 6.44. The van der Waals surface area contributed by atoms with Crippen LogP contribution in [0.5, 0.6) is 0 Å². The van der Waals surface area contributed by atoms with Gasteiger partial charge >= 0.3 is 6.03 Å². The zero-order valence-electron chi connectivity index (χ0n) is 17.2. The Bertz CT molecular complexity index is 849. The Hall–Kier alpha value is -2.11. The number of nitrogens with zero attached hydrogens (tertiary/aromatic N) is 2. The number of carbonyl (C=O) groups excluding carboxylic acids is 1. The van der Waals surface area contributed by atoms with Crippen molar-refractivity contribution in [2.45, 2.75) is 44.2 Å². The van der Waals surface area contributed by atoms with Gasteiger partial charge in [-0.05, 0) is 36.1 Å². The van der Waals surface area contributed by atoms with Crippen molar-refractivity contribution in [3.05, 3.63) is 70.5 Å². The fraction of sp³-hybridized carbons (Fsp3) is 0.458. The molecule has 4 rings (SSSR count). The smallest absolute Gasteiger partial charge is 0.317 e. The topological polar surface area (TPSA) is 35.6 Å². The summed E-state index contributed by atoms with van der Waals surface area (Å²) in [5, 5.41) is 3.65. The van der Waals surface area contributed by atoms with E-state index in [2.05, 4.69) is 22.3 Å². The van der Waals surface area contributed by atoms with Gasteiger partial charge in [-0.2, -0.15) is 0 Å². The number of halogens is 2. The summed E-state index contributed by atoms with van der Waals surface area (Å²) < 4.78 is 13.6. The highest BCUT2D eigenvalue weighted by atomic mass is 35.5. The molecule has 2 amide bonds. The Kier molecular flexibility index (Phi) is 6.90. The van der Waals surface area contributed by atoms with E-state index in [1.54, 1.807) is 6.07 Å². The number of benzene rings is 2. The molecular formula is C24H29ClFN3O. The van der Waals surface area contributed by atoms with Gasteiger partial charge in [0.15, 0.2) is 0 Å². The second-order valence-corrected chi connectivity index (χ2v) is 8.69. The SMILES string of the molecule is O=C(NC1CCCCC1)N1CCN(C(c2ccccc2)c2ccc(F)cc2Cl)CC1. The van der Waals surface area contributed by atoms with Crippen molar-refractivity contribution < 1.29 is 9.18 Å². The summed E-state index contributed by atoms with van der Waals surface area (Å²) in [4.78, 5) is 17.0. The molecule has 2 aliphatic rings. The first kappa shape index (κ1) is 21.1. The van der Waals surface area contributed by atoms with E-state index in [0.29, 0.717) is 24.2 Å². The monoisotopic (exact) mass is 429 g/mol. The molecule has 30 heavy (non-hydrogen) atoms. The van der Waals surface area contributed by atoms with E-state index >= 15 is 0 Å². The van der Waals surface area contributed by atoms with Crippen LogP contribution in [0.3, 0.4) is 0 Å². The normalized spacial score (nSPS) is 19.5. The fourth-order valence-electron chi connectivity index (χ4n) is 4.64. The molecule has 1 aliphatic heterocycles. The number of amides is 2. The van der Waals surface area contributed by atoms with Gasteiger partial charge in [0.2, 0.25) is 0 Å². The van der Waals surface area contributed by atoms with E-state index in [1.807, 2.05) is 23.1 Å². The lowest BCUT2D eigenvalue weighted by Crippen LogP contribution is -2.54. The van der Waals surface area contributed by atoms with Gasteiger partial charge in [0.25, 0.3) is 0 Å². The highest BCUT2D eigenvalue weighted by molar-refractivity contribution is 6.31. The van der Waals surface area contributed by atoms with Crippen molar-refractivity contribution in [3.8, 4) is 0 Å². The molecule has 0 bridgehead atoms. The van der Waals surface area contributed by atoms with Crippen LogP contribution in [-0.2, 0) is 0 Å². The molecule has 2 aromatic rings. The Morgan fingerprint density at radius 2 is 1.70 bits per heavy atom. The van der Waals surface area contributed by atoms with Crippen LogP contribution in [-0.4, -0.2) is 48.1 Å². The van der Waals surface area contributed by atoms with Crippen LogP contribution in [0.4, 0.5) is 9.18 Å². The average Bonchev–Trinajstić information content (AvgIpc) is 2.77. The van der Waals surface area contributed by atoms with Crippen molar-refractivity contribution in [2.24, 2.45) is 0 Å². The summed E-state index contributed by atoms with van der Waals surface area (Å²) in [5.41, 5.74) is 2.01. The van der Waals surface area contributed by atoms with Gasteiger partial charge in [-0.25, -0.2) is 9.18 Å². The van der Waals surface area contributed by atoms with E-state index in [9.17, 15) is 9.18 Å². The molecule has 0 spiro atoms. The molecule has 1 atom stereocenters. The molecule has 1 aliphatic carbocycles. The summed E-state index contributed by atoms with van der Waals surface area (Å²) in [7, 11) is 0. The lowest BCUT2D eigenvalue weighted by molar-refractivity contribution is 0.118. The van der Waals surface area contributed by atoms with Gasteiger partial charge < -0.3 is 10.2 Å². The number of nitrogens with one attached hydrogen (secondary N) is 1. The van der Waals surface area contributed by atoms with Crippen molar-refractivity contribution in [3.63, 3.8) is 0 Å². The minimum absolute atomic E-state index is 0.0534. The quantitative estimate of drug-likeness (QED) is 0.722. The summed E-state index contributed by atoms with van der Waals surface area (Å²) in [5.74, 6) is -0.334. The van der Waals surface area contributed by atoms with Crippen molar-refractivity contribution in [1.82, 2.24) is 15.1 Å². The Balaban J connectivity index is 1.46. The summed E-state index contributed by atoms with van der Waals surface area (Å²) in [6, 6.07) is 15.1.